The smallest absolute Gasteiger partial charge is 0.416 e. The number of alkyl halides is 3. The van der Waals surface area contributed by atoms with Gasteiger partial charge in [0.15, 0.2) is 12.3 Å². The second-order valence-electron chi connectivity index (χ2n) is 5.87. The van der Waals surface area contributed by atoms with Gasteiger partial charge in [-0.15, -0.1) is 0 Å². The Kier molecular flexibility index (Phi) is 5.62. The summed E-state index contributed by atoms with van der Waals surface area (Å²) in [6.07, 6.45) is -2.23. The van der Waals surface area contributed by atoms with E-state index in [2.05, 4.69) is 20.5 Å². The van der Waals surface area contributed by atoms with Gasteiger partial charge < -0.3 is 10.1 Å². The first-order valence-electron chi connectivity index (χ1n) is 8.23. The van der Waals surface area contributed by atoms with E-state index in [0.29, 0.717) is 0 Å². The molecule has 0 unspecified atom stereocenters. The normalized spacial score (nSPS) is 11.2. The van der Waals surface area contributed by atoms with E-state index >= 15 is 0 Å². The molecule has 1 aromatic carbocycles. The largest absolute Gasteiger partial charge is 0.451 e. The Labute approximate surface area is 165 Å². The predicted octanol–water partition coefficient (Wildman–Crippen LogP) is 1.18. The molecular weight excluding hydrogens is 409 g/mol. The van der Waals surface area contributed by atoms with Crippen LogP contribution in [-0.2, 0) is 22.8 Å². The molecule has 0 spiro atoms. The molecule has 0 aliphatic heterocycles. The first-order chi connectivity index (χ1) is 14.1. The van der Waals surface area contributed by atoms with Crippen LogP contribution in [0.5, 0.6) is 0 Å². The average Bonchev–Trinajstić information content (AvgIpc) is 3.22. The van der Waals surface area contributed by atoms with Crippen molar-refractivity contribution in [2.45, 2.75) is 6.18 Å². The van der Waals surface area contributed by atoms with Crippen LogP contribution in [0.1, 0.15) is 16.1 Å². The molecule has 10 nitrogen and oxygen atoms in total. The Morgan fingerprint density at radius 3 is 2.60 bits per heavy atom. The van der Waals surface area contributed by atoms with E-state index in [1.165, 1.54) is 19.7 Å². The molecule has 0 atom stereocenters. The second kappa shape index (κ2) is 8.14. The number of halogens is 3. The van der Waals surface area contributed by atoms with E-state index in [0.717, 1.165) is 39.7 Å². The molecule has 1 N–H and O–H groups in total. The van der Waals surface area contributed by atoms with E-state index in [-0.39, 0.29) is 17.1 Å². The molecule has 0 fully saturated rings. The number of esters is 1. The summed E-state index contributed by atoms with van der Waals surface area (Å²) in [5.41, 5.74) is -1.74. The number of anilines is 1. The number of hydrogen-bond donors (Lipinski definition) is 1. The third-order valence-electron chi connectivity index (χ3n) is 3.77. The van der Waals surface area contributed by atoms with Crippen molar-refractivity contribution in [3.8, 4) is 5.69 Å². The van der Waals surface area contributed by atoms with Gasteiger partial charge in [0, 0.05) is 13.1 Å². The number of hydrogen-bond acceptors (Lipinski definition) is 7. The average molecular weight is 422 g/mol. The number of ether oxygens (including phenoxy) is 1. The molecule has 0 aliphatic carbocycles. The van der Waals surface area contributed by atoms with Crippen LogP contribution in [0, 0.1) is 0 Å². The second-order valence-corrected chi connectivity index (χ2v) is 5.87. The lowest BCUT2D eigenvalue weighted by molar-refractivity contribution is -0.137. The molecule has 2 aromatic heterocycles. The lowest BCUT2D eigenvalue weighted by atomic mass is 10.1. The molecule has 156 valence electrons. The molecule has 0 aliphatic rings. The summed E-state index contributed by atoms with van der Waals surface area (Å²) < 4.78 is 46.0. The minimum absolute atomic E-state index is 0.125. The number of aryl methyl sites for hydroxylation is 1. The zero-order valence-corrected chi connectivity index (χ0v) is 15.3. The van der Waals surface area contributed by atoms with Gasteiger partial charge in [-0.2, -0.15) is 23.4 Å². The zero-order chi connectivity index (χ0) is 21.9. The van der Waals surface area contributed by atoms with Crippen molar-refractivity contribution in [2.75, 3.05) is 11.9 Å². The number of benzene rings is 1. The molecule has 3 aromatic rings. The summed E-state index contributed by atoms with van der Waals surface area (Å²) >= 11 is 0. The lowest BCUT2D eigenvalue weighted by Gasteiger charge is -2.14. The van der Waals surface area contributed by atoms with Crippen LogP contribution in [0.3, 0.4) is 0 Å². The lowest BCUT2D eigenvalue weighted by Crippen LogP contribution is -2.25. The van der Waals surface area contributed by atoms with Gasteiger partial charge in [0.05, 0.1) is 16.9 Å². The monoisotopic (exact) mass is 422 g/mol. The number of carbonyl (C=O) groups excluding carboxylic acids is 2. The molecule has 0 saturated carbocycles. The van der Waals surface area contributed by atoms with Crippen molar-refractivity contribution in [1.29, 1.82) is 0 Å². The van der Waals surface area contributed by atoms with Crippen molar-refractivity contribution in [2.24, 2.45) is 7.05 Å². The van der Waals surface area contributed by atoms with Crippen molar-refractivity contribution in [3.05, 3.63) is 64.6 Å². The number of nitrogens with zero attached hydrogens (tertiary/aromatic N) is 5. The topological polar surface area (TPSA) is 121 Å². The van der Waals surface area contributed by atoms with Crippen LogP contribution in [0.4, 0.5) is 18.9 Å². The maximum atomic E-state index is 13.0. The Morgan fingerprint density at radius 1 is 1.20 bits per heavy atom. The molecule has 1 amide bonds. The summed E-state index contributed by atoms with van der Waals surface area (Å²) in [5.74, 6) is -1.88. The maximum Gasteiger partial charge on any atom is 0.416 e. The highest BCUT2D eigenvalue weighted by Gasteiger charge is 2.31. The number of amides is 1. The Balaban J connectivity index is 1.75. The summed E-state index contributed by atoms with van der Waals surface area (Å²) in [5, 5.41) is 9.76. The van der Waals surface area contributed by atoms with E-state index in [1.807, 2.05) is 0 Å². The standard InChI is InChI=1S/C17H13F3N6O4/c1-25-15(28)5-3-11(24-25)16(29)30-7-14(27)23-12-6-10(17(18,19)20)2-4-13(12)26-9-21-8-22-26/h2-6,8-9H,7H2,1H3,(H,23,27). The third kappa shape index (κ3) is 4.68. The Morgan fingerprint density at radius 2 is 1.97 bits per heavy atom. The molecule has 0 bridgehead atoms. The number of nitrogens with one attached hydrogen (secondary N) is 1. The van der Waals surface area contributed by atoms with Gasteiger partial charge in [-0.05, 0) is 24.3 Å². The number of carbonyl (C=O) groups is 2. The highest BCUT2D eigenvalue weighted by molar-refractivity contribution is 5.96. The molecular formula is C17H13F3N6O4. The van der Waals surface area contributed by atoms with Crippen molar-refractivity contribution in [1.82, 2.24) is 24.5 Å². The van der Waals surface area contributed by atoms with Gasteiger partial charge >= 0.3 is 12.1 Å². The first-order valence-corrected chi connectivity index (χ1v) is 8.23. The maximum absolute atomic E-state index is 13.0. The number of rotatable bonds is 5. The van der Waals surface area contributed by atoms with E-state index < -0.39 is 35.8 Å². The Bertz CT molecular complexity index is 1140. The van der Waals surface area contributed by atoms with Gasteiger partial charge in [-0.25, -0.2) is 19.1 Å². The van der Waals surface area contributed by atoms with E-state index in [4.69, 9.17) is 4.74 Å². The fraction of sp³-hybridized carbons (Fsp3) is 0.176. The highest BCUT2D eigenvalue weighted by Crippen LogP contribution is 2.33. The predicted molar refractivity (Wildman–Crippen MR) is 94.8 cm³/mol. The van der Waals surface area contributed by atoms with Crippen LogP contribution in [0.2, 0.25) is 0 Å². The molecule has 0 saturated heterocycles. The summed E-state index contributed by atoms with van der Waals surface area (Å²) in [4.78, 5) is 39.1. The van der Waals surface area contributed by atoms with Crippen LogP contribution in [-0.4, -0.2) is 43.0 Å². The van der Waals surface area contributed by atoms with Crippen molar-refractivity contribution >= 4 is 17.6 Å². The molecule has 13 heteroatoms. The van der Waals surface area contributed by atoms with Crippen LogP contribution in [0.15, 0.2) is 47.8 Å². The molecule has 2 heterocycles. The van der Waals surface area contributed by atoms with E-state index in [1.54, 1.807) is 0 Å². The zero-order valence-electron chi connectivity index (χ0n) is 15.3. The first kappa shape index (κ1) is 20.7. The molecule has 0 radical (unpaired) electrons. The fourth-order valence-electron chi connectivity index (χ4n) is 2.35. The highest BCUT2D eigenvalue weighted by atomic mass is 19.4. The fourth-order valence-corrected chi connectivity index (χ4v) is 2.35. The SMILES string of the molecule is Cn1nc(C(=O)OCC(=O)Nc2cc(C(F)(F)F)ccc2-n2cncn2)ccc1=O. The van der Waals surface area contributed by atoms with Crippen LogP contribution < -0.4 is 10.9 Å². The van der Waals surface area contributed by atoms with Gasteiger partial charge in [0.25, 0.3) is 11.5 Å². The molecule has 30 heavy (non-hydrogen) atoms. The summed E-state index contributed by atoms with van der Waals surface area (Å²) in [7, 11) is 1.32. The minimum atomic E-state index is -4.64. The van der Waals surface area contributed by atoms with Gasteiger partial charge in [-0.3, -0.25) is 9.59 Å². The Hall–Kier alpha value is -4.03. The van der Waals surface area contributed by atoms with Crippen molar-refractivity contribution < 1.29 is 27.5 Å². The van der Waals surface area contributed by atoms with Crippen LogP contribution in [0.25, 0.3) is 5.69 Å². The summed E-state index contributed by atoms with van der Waals surface area (Å²) in [6, 6.07) is 4.89. The van der Waals surface area contributed by atoms with Gasteiger partial charge in [-0.1, -0.05) is 0 Å². The molecule has 3 rings (SSSR count). The van der Waals surface area contributed by atoms with E-state index in [9.17, 15) is 27.6 Å². The van der Waals surface area contributed by atoms with Crippen LogP contribution >= 0.6 is 0 Å². The van der Waals surface area contributed by atoms with Gasteiger partial charge in [0.2, 0.25) is 0 Å². The summed E-state index contributed by atoms with van der Waals surface area (Å²) in [6.45, 7) is -0.795. The number of aromatic nitrogens is 5. The van der Waals surface area contributed by atoms with Crippen molar-refractivity contribution in [3.63, 3.8) is 0 Å². The quantitative estimate of drug-likeness (QED) is 0.613. The minimum Gasteiger partial charge on any atom is -0.451 e. The third-order valence-corrected chi connectivity index (χ3v) is 3.77. The van der Waals surface area contributed by atoms with Gasteiger partial charge in [0.1, 0.15) is 12.7 Å².